The monoisotopic (exact) mass is 300 g/mol. The number of rotatable bonds is 4. The van der Waals surface area contributed by atoms with E-state index in [2.05, 4.69) is 10.3 Å². The van der Waals surface area contributed by atoms with Gasteiger partial charge in [-0.3, -0.25) is 0 Å². The van der Waals surface area contributed by atoms with Crippen LogP contribution in [0.2, 0.25) is 0 Å². The predicted molar refractivity (Wildman–Crippen MR) is 83.8 cm³/mol. The maximum absolute atomic E-state index is 12.9. The van der Waals surface area contributed by atoms with Crippen LogP contribution in [0.3, 0.4) is 0 Å². The van der Waals surface area contributed by atoms with Gasteiger partial charge in [0.25, 0.3) is 0 Å². The molecule has 3 nitrogen and oxygen atoms in total. The lowest BCUT2D eigenvalue weighted by Crippen LogP contribution is -1.89. The molecule has 0 atom stereocenters. The summed E-state index contributed by atoms with van der Waals surface area (Å²) in [6.45, 7) is 0. The summed E-state index contributed by atoms with van der Waals surface area (Å²) in [6.07, 6.45) is 0. The molecule has 0 spiro atoms. The minimum atomic E-state index is -0.253. The molecule has 0 unspecified atom stereocenters. The molecule has 3 rings (SSSR count). The van der Waals surface area contributed by atoms with Gasteiger partial charge in [-0.15, -0.1) is 11.3 Å². The number of hydrogen-bond donors (Lipinski definition) is 1. The van der Waals surface area contributed by atoms with Gasteiger partial charge in [0.05, 0.1) is 12.8 Å². The van der Waals surface area contributed by atoms with Gasteiger partial charge in [-0.2, -0.15) is 0 Å². The maximum atomic E-state index is 12.9. The summed E-state index contributed by atoms with van der Waals surface area (Å²) in [7, 11) is 1.64. The molecule has 0 fully saturated rings. The summed E-state index contributed by atoms with van der Waals surface area (Å²) in [4.78, 5) is 4.53. The van der Waals surface area contributed by atoms with E-state index in [4.69, 9.17) is 4.74 Å². The first-order valence-corrected chi connectivity index (χ1v) is 7.25. The second-order valence-electron chi connectivity index (χ2n) is 4.40. The molecule has 0 aliphatic rings. The molecule has 0 aliphatic carbocycles. The second-order valence-corrected chi connectivity index (χ2v) is 5.26. The number of halogens is 1. The average Bonchev–Trinajstić information content (AvgIpc) is 2.98. The number of hydrogen-bond acceptors (Lipinski definition) is 4. The molecule has 5 heteroatoms. The van der Waals surface area contributed by atoms with Crippen LogP contribution in [-0.2, 0) is 0 Å². The van der Waals surface area contributed by atoms with Crippen LogP contribution in [0.4, 0.5) is 15.2 Å². The number of aromatic nitrogens is 1. The van der Waals surface area contributed by atoms with Gasteiger partial charge < -0.3 is 10.1 Å². The number of benzene rings is 2. The molecule has 3 aromatic rings. The molecular weight excluding hydrogens is 287 g/mol. The molecule has 0 aliphatic heterocycles. The summed E-state index contributed by atoms with van der Waals surface area (Å²) in [5.41, 5.74) is 2.68. The van der Waals surface area contributed by atoms with E-state index in [1.807, 2.05) is 29.6 Å². The van der Waals surface area contributed by atoms with E-state index in [-0.39, 0.29) is 5.82 Å². The molecule has 106 valence electrons. The Morgan fingerprint density at radius 1 is 1.14 bits per heavy atom. The zero-order valence-electron chi connectivity index (χ0n) is 11.3. The highest BCUT2D eigenvalue weighted by Crippen LogP contribution is 2.29. The highest BCUT2D eigenvalue weighted by Gasteiger charge is 2.06. The third kappa shape index (κ3) is 3.20. The first-order valence-electron chi connectivity index (χ1n) is 6.37. The van der Waals surface area contributed by atoms with Gasteiger partial charge in [0.1, 0.15) is 11.6 Å². The van der Waals surface area contributed by atoms with Crippen LogP contribution >= 0.6 is 11.3 Å². The topological polar surface area (TPSA) is 34.1 Å². The number of thiazole rings is 1. The number of nitrogens with zero attached hydrogens (tertiary/aromatic N) is 1. The van der Waals surface area contributed by atoms with E-state index >= 15 is 0 Å². The van der Waals surface area contributed by atoms with E-state index in [9.17, 15) is 4.39 Å². The van der Waals surface area contributed by atoms with Crippen molar-refractivity contribution in [2.45, 2.75) is 0 Å². The number of anilines is 2. The normalized spacial score (nSPS) is 10.4. The maximum Gasteiger partial charge on any atom is 0.187 e. The molecule has 0 bridgehead atoms. The van der Waals surface area contributed by atoms with Crippen LogP contribution in [0.25, 0.3) is 11.3 Å². The summed E-state index contributed by atoms with van der Waals surface area (Å²) in [5.74, 6) is 0.547. The van der Waals surface area contributed by atoms with Gasteiger partial charge in [0.2, 0.25) is 0 Å². The Labute approximate surface area is 126 Å². The van der Waals surface area contributed by atoms with Gasteiger partial charge in [-0.1, -0.05) is 12.1 Å². The van der Waals surface area contributed by atoms with Crippen molar-refractivity contribution in [2.24, 2.45) is 0 Å². The van der Waals surface area contributed by atoms with Crippen LogP contribution in [0.15, 0.2) is 53.9 Å². The van der Waals surface area contributed by atoms with Crippen molar-refractivity contribution in [1.29, 1.82) is 0 Å². The molecule has 0 amide bonds. The van der Waals surface area contributed by atoms with Crippen LogP contribution in [0, 0.1) is 5.82 Å². The quantitative estimate of drug-likeness (QED) is 0.758. The van der Waals surface area contributed by atoms with E-state index < -0.39 is 0 Å². The zero-order chi connectivity index (χ0) is 14.7. The molecule has 21 heavy (non-hydrogen) atoms. The molecule has 2 aromatic carbocycles. The molecule has 0 radical (unpaired) electrons. The Hall–Kier alpha value is -2.40. The molecular formula is C16H13FN2OS. The van der Waals surface area contributed by atoms with Crippen LogP contribution < -0.4 is 10.1 Å². The summed E-state index contributed by atoms with van der Waals surface area (Å²) in [5, 5.41) is 5.90. The van der Waals surface area contributed by atoms with E-state index in [0.29, 0.717) is 0 Å². The Morgan fingerprint density at radius 2 is 1.95 bits per heavy atom. The lowest BCUT2D eigenvalue weighted by molar-refractivity contribution is 0.415. The molecule has 0 saturated heterocycles. The van der Waals surface area contributed by atoms with Crippen LogP contribution in [0.5, 0.6) is 5.75 Å². The fourth-order valence-electron chi connectivity index (χ4n) is 1.90. The van der Waals surface area contributed by atoms with Gasteiger partial charge in [0, 0.05) is 16.6 Å². The highest BCUT2D eigenvalue weighted by molar-refractivity contribution is 7.14. The van der Waals surface area contributed by atoms with Crippen molar-refractivity contribution in [3.8, 4) is 17.0 Å². The fraction of sp³-hybridized carbons (Fsp3) is 0.0625. The largest absolute Gasteiger partial charge is 0.497 e. The lowest BCUT2D eigenvalue weighted by Gasteiger charge is -2.02. The van der Waals surface area contributed by atoms with Crippen molar-refractivity contribution in [1.82, 2.24) is 4.98 Å². The van der Waals surface area contributed by atoms with E-state index in [1.54, 1.807) is 19.2 Å². The van der Waals surface area contributed by atoms with Gasteiger partial charge >= 0.3 is 0 Å². The Balaban J connectivity index is 1.81. The average molecular weight is 300 g/mol. The minimum Gasteiger partial charge on any atom is -0.497 e. The fourth-order valence-corrected chi connectivity index (χ4v) is 2.64. The first kappa shape index (κ1) is 13.6. The predicted octanol–water partition coefficient (Wildman–Crippen LogP) is 4.70. The minimum absolute atomic E-state index is 0.253. The van der Waals surface area contributed by atoms with E-state index in [0.717, 1.165) is 27.8 Å². The molecule has 1 aromatic heterocycles. The Morgan fingerprint density at radius 3 is 2.71 bits per heavy atom. The van der Waals surface area contributed by atoms with Crippen molar-refractivity contribution in [2.75, 3.05) is 12.4 Å². The van der Waals surface area contributed by atoms with Crippen LogP contribution in [-0.4, -0.2) is 12.1 Å². The molecule has 1 heterocycles. The van der Waals surface area contributed by atoms with Crippen molar-refractivity contribution >= 4 is 22.2 Å². The lowest BCUT2D eigenvalue weighted by atomic mass is 10.2. The van der Waals surface area contributed by atoms with Crippen molar-refractivity contribution in [3.05, 3.63) is 59.7 Å². The highest BCUT2D eigenvalue weighted by atomic mass is 32.1. The van der Waals surface area contributed by atoms with Gasteiger partial charge in [-0.25, -0.2) is 9.37 Å². The third-order valence-electron chi connectivity index (χ3n) is 2.97. The van der Waals surface area contributed by atoms with E-state index in [1.165, 1.54) is 23.5 Å². The Kier molecular flexibility index (Phi) is 3.83. The van der Waals surface area contributed by atoms with Crippen LogP contribution in [0.1, 0.15) is 0 Å². The number of methoxy groups -OCH3 is 1. The molecule has 1 N–H and O–H groups in total. The summed E-state index contributed by atoms with van der Waals surface area (Å²) in [6, 6.07) is 14.0. The first-order chi connectivity index (χ1) is 10.2. The second kappa shape index (κ2) is 5.93. The molecule has 0 saturated carbocycles. The SMILES string of the molecule is COc1cccc(-c2csc(Nc3ccc(F)cc3)n2)c1. The summed E-state index contributed by atoms with van der Waals surface area (Å²) >= 11 is 1.50. The Bertz CT molecular complexity index is 740. The smallest absolute Gasteiger partial charge is 0.187 e. The van der Waals surface area contributed by atoms with Crippen molar-refractivity contribution < 1.29 is 9.13 Å². The summed E-state index contributed by atoms with van der Waals surface area (Å²) < 4.78 is 18.1. The number of nitrogens with one attached hydrogen (secondary N) is 1. The standard InChI is InChI=1S/C16H13FN2OS/c1-20-14-4-2-3-11(9-14)15-10-21-16(19-15)18-13-7-5-12(17)6-8-13/h2-10H,1H3,(H,18,19). The van der Waals surface area contributed by atoms with Gasteiger partial charge in [0.15, 0.2) is 5.13 Å². The van der Waals surface area contributed by atoms with Gasteiger partial charge in [-0.05, 0) is 36.4 Å². The van der Waals surface area contributed by atoms with Crippen molar-refractivity contribution in [3.63, 3.8) is 0 Å². The third-order valence-corrected chi connectivity index (χ3v) is 3.72. The number of ether oxygens (including phenoxy) is 1. The zero-order valence-corrected chi connectivity index (χ0v) is 12.2.